The average Bonchev–Trinajstić information content (AvgIpc) is 2.39. The Hall–Kier alpha value is -1.49. The summed E-state index contributed by atoms with van der Waals surface area (Å²) in [5, 5.41) is 12.1. The fraction of sp³-hybridized carbons (Fsp3) is 0.462. The summed E-state index contributed by atoms with van der Waals surface area (Å²) >= 11 is 0. The second kappa shape index (κ2) is 7.76. The fourth-order valence-electron chi connectivity index (χ4n) is 1.61. The third kappa shape index (κ3) is 4.41. The van der Waals surface area contributed by atoms with E-state index in [2.05, 4.69) is 5.16 Å². The first-order valence-corrected chi connectivity index (χ1v) is 5.77. The molecule has 0 aliphatic carbocycles. The van der Waals surface area contributed by atoms with Crippen LogP contribution in [0.2, 0.25) is 0 Å². The standard InChI is InChI=1S/C13H17F2NO2/c1-18-9-3-2-4-12(16-17)10-5-7-11(8-6-10)13(14)15/h5-8,13,17H,2-4,9H2,1H3/b16-12-. The molecule has 1 aromatic rings. The lowest BCUT2D eigenvalue weighted by Gasteiger charge is -2.06. The molecule has 0 fully saturated rings. The van der Waals surface area contributed by atoms with E-state index in [1.54, 1.807) is 19.2 Å². The van der Waals surface area contributed by atoms with Crippen LogP contribution in [0.3, 0.4) is 0 Å². The highest BCUT2D eigenvalue weighted by Gasteiger charge is 2.08. The van der Waals surface area contributed by atoms with Crippen LogP contribution < -0.4 is 0 Å². The Morgan fingerprint density at radius 3 is 2.44 bits per heavy atom. The number of nitrogens with zero attached hydrogens (tertiary/aromatic N) is 1. The van der Waals surface area contributed by atoms with Crippen molar-refractivity contribution in [3.63, 3.8) is 0 Å². The number of unbranched alkanes of at least 4 members (excludes halogenated alkanes) is 1. The van der Waals surface area contributed by atoms with Crippen molar-refractivity contribution in [1.29, 1.82) is 0 Å². The molecular formula is C13H17F2NO2. The van der Waals surface area contributed by atoms with Gasteiger partial charge >= 0.3 is 0 Å². The van der Waals surface area contributed by atoms with Gasteiger partial charge in [0.25, 0.3) is 6.43 Å². The summed E-state index contributed by atoms with van der Waals surface area (Å²) in [5.74, 6) is 0. The molecule has 0 aliphatic heterocycles. The van der Waals surface area contributed by atoms with Crippen LogP contribution in [-0.4, -0.2) is 24.6 Å². The third-order valence-electron chi connectivity index (χ3n) is 2.63. The Morgan fingerprint density at radius 2 is 1.94 bits per heavy atom. The molecule has 1 N–H and O–H groups in total. The Kier molecular flexibility index (Phi) is 6.28. The summed E-state index contributed by atoms with van der Waals surface area (Å²) in [6.07, 6.45) is -0.196. The van der Waals surface area contributed by atoms with Crippen LogP contribution in [0.4, 0.5) is 8.78 Å². The van der Waals surface area contributed by atoms with E-state index in [0.717, 1.165) is 12.8 Å². The highest BCUT2D eigenvalue weighted by atomic mass is 19.3. The number of benzene rings is 1. The zero-order valence-electron chi connectivity index (χ0n) is 10.3. The molecule has 0 atom stereocenters. The van der Waals surface area contributed by atoms with Gasteiger partial charge in [0.05, 0.1) is 5.71 Å². The smallest absolute Gasteiger partial charge is 0.263 e. The van der Waals surface area contributed by atoms with E-state index in [-0.39, 0.29) is 5.56 Å². The Labute approximate surface area is 105 Å². The van der Waals surface area contributed by atoms with Crippen molar-refractivity contribution in [3.05, 3.63) is 35.4 Å². The minimum absolute atomic E-state index is 0.0320. The Bertz CT molecular complexity index is 377. The quantitative estimate of drug-likeness (QED) is 0.351. The van der Waals surface area contributed by atoms with E-state index in [1.165, 1.54) is 12.1 Å². The minimum atomic E-state index is -2.48. The molecule has 0 saturated carbocycles. The molecule has 0 spiro atoms. The summed E-state index contributed by atoms with van der Waals surface area (Å²) in [6.45, 7) is 0.656. The highest BCUT2D eigenvalue weighted by Crippen LogP contribution is 2.19. The molecule has 0 bridgehead atoms. The maximum atomic E-state index is 12.4. The maximum absolute atomic E-state index is 12.4. The number of alkyl halides is 2. The summed E-state index contributed by atoms with van der Waals surface area (Å²) in [4.78, 5) is 0. The average molecular weight is 257 g/mol. The molecule has 0 aliphatic rings. The number of hydrogen-bond donors (Lipinski definition) is 1. The Balaban J connectivity index is 2.60. The first-order valence-electron chi connectivity index (χ1n) is 5.77. The van der Waals surface area contributed by atoms with Crippen molar-refractivity contribution < 1.29 is 18.7 Å². The Morgan fingerprint density at radius 1 is 1.28 bits per heavy atom. The lowest BCUT2D eigenvalue weighted by molar-refractivity contribution is 0.151. The molecule has 0 unspecified atom stereocenters. The van der Waals surface area contributed by atoms with Gasteiger partial charge in [0.2, 0.25) is 0 Å². The van der Waals surface area contributed by atoms with Crippen molar-refractivity contribution in [1.82, 2.24) is 0 Å². The van der Waals surface area contributed by atoms with Crippen molar-refractivity contribution >= 4 is 5.71 Å². The van der Waals surface area contributed by atoms with Crippen molar-refractivity contribution in [2.24, 2.45) is 5.16 Å². The van der Waals surface area contributed by atoms with Gasteiger partial charge in [-0.1, -0.05) is 29.4 Å². The molecule has 0 heterocycles. The molecular weight excluding hydrogens is 240 g/mol. The molecule has 0 radical (unpaired) electrons. The second-order valence-corrected chi connectivity index (χ2v) is 3.92. The molecule has 1 rings (SSSR count). The third-order valence-corrected chi connectivity index (χ3v) is 2.63. The van der Waals surface area contributed by atoms with Gasteiger partial charge < -0.3 is 9.94 Å². The fourth-order valence-corrected chi connectivity index (χ4v) is 1.61. The van der Waals surface area contributed by atoms with Crippen LogP contribution in [0.15, 0.2) is 29.4 Å². The van der Waals surface area contributed by atoms with Crippen LogP contribution in [0.25, 0.3) is 0 Å². The van der Waals surface area contributed by atoms with E-state index in [9.17, 15) is 8.78 Å². The van der Waals surface area contributed by atoms with Crippen molar-refractivity contribution in [2.75, 3.05) is 13.7 Å². The number of oxime groups is 1. The van der Waals surface area contributed by atoms with Crippen LogP contribution in [0.5, 0.6) is 0 Å². The predicted octanol–water partition coefficient (Wildman–Crippen LogP) is 3.62. The van der Waals surface area contributed by atoms with Gasteiger partial charge in [-0.05, 0) is 24.8 Å². The van der Waals surface area contributed by atoms with Crippen LogP contribution in [0.1, 0.15) is 36.8 Å². The number of rotatable bonds is 7. The second-order valence-electron chi connectivity index (χ2n) is 3.92. The molecule has 0 saturated heterocycles. The zero-order chi connectivity index (χ0) is 13.4. The molecule has 3 nitrogen and oxygen atoms in total. The van der Waals surface area contributed by atoms with Crippen LogP contribution in [0, 0.1) is 0 Å². The molecule has 5 heteroatoms. The van der Waals surface area contributed by atoms with E-state index in [1.807, 2.05) is 0 Å². The molecule has 0 amide bonds. The van der Waals surface area contributed by atoms with Gasteiger partial charge in [-0.15, -0.1) is 0 Å². The lowest BCUT2D eigenvalue weighted by Crippen LogP contribution is -2.02. The van der Waals surface area contributed by atoms with E-state index in [0.29, 0.717) is 24.3 Å². The SMILES string of the molecule is COCCCC/C(=N/O)c1ccc(C(F)F)cc1. The normalized spacial score (nSPS) is 12.1. The number of halogens is 2. The number of hydrogen-bond acceptors (Lipinski definition) is 3. The summed E-state index contributed by atoms with van der Waals surface area (Å²) in [5.41, 5.74) is 1.14. The van der Waals surface area contributed by atoms with Gasteiger partial charge in [-0.2, -0.15) is 0 Å². The zero-order valence-corrected chi connectivity index (χ0v) is 10.3. The molecule has 18 heavy (non-hydrogen) atoms. The van der Waals surface area contributed by atoms with Crippen molar-refractivity contribution in [2.45, 2.75) is 25.7 Å². The summed E-state index contributed by atoms with van der Waals surface area (Å²) in [6, 6.07) is 5.79. The minimum Gasteiger partial charge on any atom is -0.411 e. The van der Waals surface area contributed by atoms with Gasteiger partial charge in [-0.25, -0.2) is 8.78 Å². The van der Waals surface area contributed by atoms with Gasteiger partial charge in [0.15, 0.2) is 0 Å². The van der Waals surface area contributed by atoms with E-state index >= 15 is 0 Å². The molecule has 0 aromatic heterocycles. The largest absolute Gasteiger partial charge is 0.411 e. The lowest BCUT2D eigenvalue weighted by atomic mass is 10.0. The first kappa shape index (κ1) is 14.6. The van der Waals surface area contributed by atoms with Crippen LogP contribution in [-0.2, 0) is 4.74 Å². The molecule has 1 aromatic carbocycles. The topological polar surface area (TPSA) is 41.8 Å². The molecule has 100 valence electrons. The summed E-state index contributed by atoms with van der Waals surface area (Å²) in [7, 11) is 1.63. The van der Waals surface area contributed by atoms with Crippen LogP contribution >= 0.6 is 0 Å². The maximum Gasteiger partial charge on any atom is 0.263 e. The van der Waals surface area contributed by atoms with Crippen molar-refractivity contribution in [3.8, 4) is 0 Å². The first-order chi connectivity index (χ1) is 8.69. The van der Waals surface area contributed by atoms with Gasteiger partial charge in [0.1, 0.15) is 0 Å². The number of methoxy groups -OCH3 is 1. The number of ether oxygens (including phenoxy) is 1. The highest BCUT2D eigenvalue weighted by molar-refractivity contribution is 6.00. The van der Waals surface area contributed by atoms with Gasteiger partial charge in [-0.3, -0.25) is 0 Å². The van der Waals surface area contributed by atoms with Gasteiger partial charge in [0, 0.05) is 19.3 Å². The summed E-state index contributed by atoms with van der Waals surface area (Å²) < 4.78 is 29.7. The monoisotopic (exact) mass is 257 g/mol. The predicted molar refractivity (Wildman–Crippen MR) is 65.4 cm³/mol. The van der Waals surface area contributed by atoms with E-state index < -0.39 is 6.43 Å². The van der Waals surface area contributed by atoms with E-state index in [4.69, 9.17) is 9.94 Å².